The highest BCUT2D eigenvalue weighted by atomic mass is 32.2. The van der Waals surface area contributed by atoms with Gasteiger partial charge in [0.25, 0.3) is 0 Å². The lowest BCUT2D eigenvalue weighted by atomic mass is 10.2. The number of carbonyl (C=O) groups is 1. The van der Waals surface area contributed by atoms with Gasteiger partial charge in [-0.2, -0.15) is 13.2 Å². The fourth-order valence-electron chi connectivity index (χ4n) is 2.69. The minimum absolute atomic E-state index is 0.208. The van der Waals surface area contributed by atoms with E-state index in [4.69, 9.17) is 4.52 Å². The van der Waals surface area contributed by atoms with Gasteiger partial charge in [0.05, 0.1) is 16.6 Å². The quantitative estimate of drug-likeness (QED) is 0.560. The molecule has 2 aromatic heterocycles. The van der Waals surface area contributed by atoms with Gasteiger partial charge in [-0.1, -0.05) is 23.8 Å². The third kappa shape index (κ3) is 4.67. The summed E-state index contributed by atoms with van der Waals surface area (Å²) >= 11 is 1.34. The smallest absolute Gasteiger partial charge is 0.360 e. The first kappa shape index (κ1) is 20.2. The van der Waals surface area contributed by atoms with Gasteiger partial charge in [0.2, 0.25) is 5.91 Å². The van der Waals surface area contributed by atoms with Gasteiger partial charge in [-0.15, -0.1) is 0 Å². The SMILES string of the molecule is CCCn1c(SCCC(=O)Nc2cc(C)on2)nc2ccc(C(F)(F)F)cc21. The standard InChI is InChI=1S/C18H19F3N4O2S/c1-3-7-25-14-10-12(18(19,20)21)4-5-13(14)22-17(25)28-8-6-16(26)23-15-9-11(2)27-24-15/h4-5,9-10H,3,6-8H2,1-2H3,(H,23,24,26). The maximum absolute atomic E-state index is 13.0. The van der Waals surface area contributed by atoms with Gasteiger partial charge in [0.1, 0.15) is 5.76 Å². The maximum Gasteiger partial charge on any atom is 0.416 e. The summed E-state index contributed by atoms with van der Waals surface area (Å²) in [6.45, 7) is 4.22. The molecule has 0 aliphatic rings. The number of hydrogen-bond donors (Lipinski definition) is 1. The molecule has 10 heteroatoms. The molecule has 0 bridgehead atoms. The number of nitrogens with zero attached hydrogens (tertiary/aromatic N) is 3. The summed E-state index contributed by atoms with van der Waals surface area (Å²) in [6, 6.07) is 5.16. The molecule has 0 spiro atoms. The Morgan fingerprint density at radius 1 is 1.32 bits per heavy atom. The van der Waals surface area contributed by atoms with Gasteiger partial charge >= 0.3 is 6.18 Å². The summed E-state index contributed by atoms with van der Waals surface area (Å²) < 4.78 is 45.7. The number of alkyl halides is 3. The van der Waals surface area contributed by atoms with E-state index in [1.54, 1.807) is 17.6 Å². The van der Waals surface area contributed by atoms with Gasteiger partial charge in [-0.05, 0) is 31.5 Å². The molecule has 0 aliphatic carbocycles. The van der Waals surface area contributed by atoms with Crippen LogP contribution in [-0.2, 0) is 17.5 Å². The number of anilines is 1. The van der Waals surface area contributed by atoms with Gasteiger partial charge < -0.3 is 14.4 Å². The van der Waals surface area contributed by atoms with Crippen LogP contribution in [0.1, 0.15) is 31.1 Å². The zero-order valence-electron chi connectivity index (χ0n) is 15.3. The molecule has 28 heavy (non-hydrogen) atoms. The monoisotopic (exact) mass is 412 g/mol. The first-order valence-electron chi connectivity index (χ1n) is 8.71. The van der Waals surface area contributed by atoms with Gasteiger partial charge in [0, 0.05) is 24.8 Å². The number of halogens is 3. The molecule has 1 amide bonds. The summed E-state index contributed by atoms with van der Waals surface area (Å²) in [5.74, 6) is 1.15. The van der Waals surface area contributed by atoms with E-state index in [9.17, 15) is 18.0 Å². The third-order valence-electron chi connectivity index (χ3n) is 3.94. The predicted molar refractivity (Wildman–Crippen MR) is 100 cm³/mol. The number of imidazole rings is 1. The Kier molecular flexibility index (Phi) is 5.97. The molecule has 3 aromatic rings. The highest BCUT2D eigenvalue weighted by Gasteiger charge is 2.31. The van der Waals surface area contributed by atoms with E-state index in [0.717, 1.165) is 18.6 Å². The van der Waals surface area contributed by atoms with Crippen LogP contribution in [0.4, 0.5) is 19.0 Å². The first-order chi connectivity index (χ1) is 13.3. The Labute approximate surface area is 163 Å². The zero-order chi connectivity index (χ0) is 20.3. The van der Waals surface area contributed by atoms with Crippen molar-refractivity contribution in [2.75, 3.05) is 11.1 Å². The number of fused-ring (bicyclic) bond motifs is 1. The third-order valence-corrected chi connectivity index (χ3v) is 4.92. The Balaban J connectivity index is 1.71. The van der Waals surface area contributed by atoms with Crippen LogP contribution in [0.25, 0.3) is 11.0 Å². The molecule has 0 aliphatic heterocycles. The molecule has 0 saturated carbocycles. The molecule has 6 nitrogen and oxygen atoms in total. The number of benzene rings is 1. The average molecular weight is 412 g/mol. The molecule has 0 unspecified atom stereocenters. The van der Waals surface area contributed by atoms with E-state index in [1.165, 1.54) is 17.8 Å². The number of carbonyl (C=O) groups excluding carboxylic acids is 1. The fraction of sp³-hybridized carbons (Fsp3) is 0.389. The second kappa shape index (κ2) is 8.26. The van der Waals surface area contributed by atoms with Crippen LogP contribution in [0, 0.1) is 6.92 Å². The molecule has 0 radical (unpaired) electrons. The molecule has 0 saturated heterocycles. The number of nitrogens with one attached hydrogen (secondary N) is 1. The summed E-state index contributed by atoms with van der Waals surface area (Å²) in [4.78, 5) is 16.4. The minimum atomic E-state index is -4.40. The van der Waals surface area contributed by atoms with Crippen molar-refractivity contribution in [3.8, 4) is 0 Å². The average Bonchev–Trinajstić information content (AvgIpc) is 3.18. The Morgan fingerprint density at radius 3 is 2.75 bits per heavy atom. The lowest BCUT2D eigenvalue weighted by Crippen LogP contribution is -2.12. The molecule has 0 fully saturated rings. The van der Waals surface area contributed by atoms with Crippen molar-refractivity contribution in [1.29, 1.82) is 0 Å². The summed E-state index contributed by atoms with van der Waals surface area (Å²) in [7, 11) is 0. The van der Waals surface area contributed by atoms with E-state index >= 15 is 0 Å². The van der Waals surface area contributed by atoms with Crippen molar-refractivity contribution in [1.82, 2.24) is 14.7 Å². The van der Waals surface area contributed by atoms with E-state index in [1.807, 2.05) is 6.92 Å². The number of amides is 1. The number of rotatable bonds is 7. The highest BCUT2D eigenvalue weighted by molar-refractivity contribution is 7.99. The predicted octanol–water partition coefficient (Wildman–Crippen LogP) is 4.88. The zero-order valence-corrected chi connectivity index (χ0v) is 16.2. The second-order valence-electron chi connectivity index (χ2n) is 6.22. The fourth-order valence-corrected chi connectivity index (χ4v) is 3.67. The van der Waals surface area contributed by atoms with Gasteiger partial charge in [-0.3, -0.25) is 4.79 Å². The van der Waals surface area contributed by atoms with Crippen LogP contribution >= 0.6 is 11.8 Å². The number of aromatic nitrogens is 3. The van der Waals surface area contributed by atoms with Crippen LogP contribution in [0.5, 0.6) is 0 Å². The van der Waals surface area contributed by atoms with Crippen molar-refractivity contribution in [3.05, 3.63) is 35.6 Å². The molecule has 2 heterocycles. The van der Waals surface area contributed by atoms with Crippen molar-refractivity contribution in [2.45, 2.75) is 44.6 Å². The molecule has 3 rings (SSSR count). The molecular weight excluding hydrogens is 393 g/mol. The molecule has 150 valence electrons. The molecular formula is C18H19F3N4O2S. The van der Waals surface area contributed by atoms with E-state index < -0.39 is 11.7 Å². The first-order valence-corrected chi connectivity index (χ1v) is 9.70. The molecule has 1 N–H and O–H groups in total. The largest absolute Gasteiger partial charge is 0.416 e. The van der Waals surface area contributed by atoms with Crippen LogP contribution < -0.4 is 5.32 Å². The van der Waals surface area contributed by atoms with Crippen LogP contribution in [0.15, 0.2) is 33.9 Å². The number of thioether (sulfide) groups is 1. The van der Waals surface area contributed by atoms with Crippen molar-refractivity contribution in [3.63, 3.8) is 0 Å². The number of aryl methyl sites for hydroxylation is 2. The minimum Gasteiger partial charge on any atom is -0.360 e. The van der Waals surface area contributed by atoms with Crippen LogP contribution in [0.3, 0.4) is 0 Å². The van der Waals surface area contributed by atoms with E-state index in [2.05, 4.69) is 15.5 Å². The van der Waals surface area contributed by atoms with Crippen molar-refractivity contribution >= 4 is 34.5 Å². The summed E-state index contributed by atoms with van der Waals surface area (Å²) in [6.07, 6.45) is -3.44. The summed E-state index contributed by atoms with van der Waals surface area (Å²) in [5.41, 5.74) is 0.254. The van der Waals surface area contributed by atoms with Crippen molar-refractivity contribution in [2.24, 2.45) is 0 Å². The normalized spacial score (nSPS) is 11.9. The van der Waals surface area contributed by atoms with Gasteiger partial charge in [-0.25, -0.2) is 4.98 Å². The molecule has 1 aromatic carbocycles. The Hall–Kier alpha value is -2.49. The Morgan fingerprint density at radius 2 is 2.11 bits per heavy atom. The van der Waals surface area contributed by atoms with Crippen LogP contribution in [-0.4, -0.2) is 26.4 Å². The number of hydrogen-bond acceptors (Lipinski definition) is 5. The molecule has 0 atom stereocenters. The highest BCUT2D eigenvalue weighted by Crippen LogP contribution is 2.33. The van der Waals surface area contributed by atoms with E-state index in [0.29, 0.717) is 40.1 Å². The topological polar surface area (TPSA) is 73.0 Å². The second-order valence-corrected chi connectivity index (χ2v) is 7.28. The van der Waals surface area contributed by atoms with Gasteiger partial charge in [0.15, 0.2) is 11.0 Å². The lowest BCUT2D eigenvalue weighted by molar-refractivity contribution is -0.137. The van der Waals surface area contributed by atoms with Crippen LogP contribution in [0.2, 0.25) is 0 Å². The van der Waals surface area contributed by atoms with Crippen molar-refractivity contribution < 1.29 is 22.5 Å². The van der Waals surface area contributed by atoms with E-state index in [-0.39, 0.29) is 12.3 Å². The summed E-state index contributed by atoms with van der Waals surface area (Å²) in [5, 5.41) is 6.92. The maximum atomic E-state index is 13.0. The Bertz CT molecular complexity index is 981. The lowest BCUT2D eigenvalue weighted by Gasteiger charge is -2.09.